The first-order chi connectivity index (χ1) is 11.2. The zero-order chi connectivity index (χ0) is 17.8. The molecule has 0 unspecified atom stereocenters. The molecule has 0 spiro atoms. The molecule has 0 radical (unpaired) electrons. The predicted octanol–water partition coefficient (Wildman–Crippen LogP) is 1.79. The maximum absolute atomic E-state index is 11.6. The van der Waals surface area contributed by atoms with E-state index >= 15 is 0 Å². The fraction of sp³-hybridized carbons (Fsp3) is 0.941. The van der Waals surface area contributed by atoms with E-state index in [2.05, 4.69) is 29.5 Å². The fourth-order valence-corrected chi connectivity index (χ4v) is 4.49. The summed E-state index contributed by atoms with van der Waals surface area (Å²) in [6, 6.07) is 0.510. The average molecular weight is 359 g/mol. The molecule has 0 atom stereocenters. The molecule has 2 fully saturated rings. The van der Waals surface area contributed by atoms with Gasteiger partial charge in [0, 0.05) is 32.7 Å². The quantitative estimate of drug-likeness (QED) is 0.594. The van der Waals surface area contributed by atoms with E-state index in [0.717, 1.165) is 25.3 Å². The lowest BCUT2D eigenvalue weighted by atomic mass is 9.75. The van der Waals surface area contributed by atoms with Crippen LogP contribution in [0.5, 0.6) is 0 Å². The van der Waals surface area contributed by atoms with Gasteiger partial charge in [0.05, 0.1) is 6.26 Å². The minimum absolute atomic E-state index is 0.475. The highest BCUT2D eigenvalue weighted by atomic mass is 32.2. The molecule has 0 aromatic rings. The molecule has 2 N–H and O–H groups in total. The second-order valence-corrected chi connectivity index (χ2v) is 10.1. The predicted molar refractivity (Wildman–Crippen MR) is 99.7 cm³/mol. The molecular formula is C17H34N4O2S. The van der Waals surface area contributed by atoms with Crippen molar-refractivity contribution in [3.05, 3.63) is 0 Å². The van der Waals surface area contributed by atoms with Crippen LogP contribution in [-0.4, -0.2) is 57.7 Å². The Balaban J connectivity index is 1.71. The average Bonchev–Trinajstić information content (AvgIpc) is 2.52. The molecule has 1 saturated carbocycles. The van der Waals surface area contributed by atoms with Gasteiger partial charge in [-0.2, -0.15) is 0 Å². The second-order valence-electron chi connectivity index (χ2n) is 8.14. The Hall–Kier alpha value is -0.820. The van der Waals surface area contributed by atoms with Gasteiger partial charge in [-0.3, -0.25) is 4.99 Å². The molecular weight excluding hydrogens is 324 g/mol. The molecule has 1 aliphatic heterocycles. The summed E-state index contributed by atoms with van der Waals surface area (Å²) in [4.78, 5) is 4.35. The van der Waals surface area contributed by atoms with Gasteiger partial charge in [-0.15, -0.1) is 0 Å². The highest BCUT2D eigenvalue weighted by molar-refractivity contribution is 7.88. The molecule has 0 amide bonds. The first-order valence-corrected chi connectivity index (χ1v) is 11.0. The second kappa shape index (κ2) is 8.04. The molecule has 7 heteroatoms. The third-order valence-electron chi connectivity index (χ3n) is 5.50. The molecule has 2 aliphatic rings. The van der Waals surface area contributed by atoms with E-state index in [9.17, 15) is 8.42 Å². The van der Waals surface area contributed by atoms with Crippen LogP contribution in [0.1, 0.15) is 52.4 Å². The van der Waals surface area contributed by atoms with Crippen LogP contribution < -0.4 is 10.6 Å². The third kappa shape index (κ3) is 5.92. The zero-order valence-corrected chi connectivity index (χ0v) is 16.5. The van der Waals surface area contributed by atoms with Crippen LogP contribution in [0.25, 0.3) is 0 Å². The first kappa shape index (κ1) is 19.5. The monoisotopic (exact) mass is 358 g/mol. The number of piperidine rings is 1. The number of aliphatic imine (C=N–C) groups is 1. The standard InChI is InChI=1S/C17H34N4O2S/c1-17(2)9-5-15(6-10-17)20-16(18-3)19-13-14-7-11-21(12-8-14)24(4,22)23/h14-15H,5-13H2,1-4H3,(H2,18,19,20). The van der Waals surface area contributed by atoms with Gasteiger partial charge in [0.25, 0.3) is 0 Å². The summed E-state index contributed by atoms with van der Waals surface area (Å²) in [5, 5.41) is 6.98. The van der Waals surface area contributed by atoms with Gasteiger partial charge in [-0.1, -0.05) is 13.8 Å². The molecule has 2 rings (SSSR count). The Morgan fingerprint density at radius 3 is 2.25 bits per heavy atom. The van der Waals surface area contributed by atoms with Gasteiger partial charge in [-0.05, 0) is 49.9 Å². The van der Waals surface area contributed by atoms with Crippen molar-refractivity contribution in [2.75, 3.05) is 32.9 Å². The summed E-state index contributed by atoms with van der Waals surface area (Å²) in [6.07, 6.45) is 8.02. The first-order valence-electron chi connectivity index (χ1n) is 9.12. The lowest BCUT2D eigenvalue weighted by molar-refractivity contribution is 0.216. The van der Waals surface area contributed by atoms with Crippen molar-refractivity contribution in [2.45, 2.75) is 58.4 Å². The summed E-state index contributed by atoms with van der Waals surface area (Å²) in [7, 11) is -1.22. The Morgan fingerprint density at radius 2 is 1.75 bits per heavy atom. The minimum Gasteiger partial charge on any atom is -0.356 e. The van der Waals surface area contributed by atoms with Crippen molar-refractivity contribution in [2.24, 2.45) is 16.3 Å². The lowest BCUT2D eigenvalue weighted by Crippen LogP contribution is -2.48. The van der Waals surface area contributed by atoms with Crippen LogP contribution >= 0.6 is 0 Å². The topological polar surface area (TPSA) is 73.8 Å². The van der Waals surface area contributed by atoms with Gasteiger partial charge in [0.15, 0.2) is 5.96 Å². The van der Waals surface area contributed by atoms with E-state index in [-0.39, 0.29) is 0 Å². The largest absolute Gasteiger partial charge is 0.356 e. The number of rotatable bonds is 4. The molecule has 1 saturated heterocycles. The van der Waals surface area contributed by atoms with Gasteiger partial charge in [0.1, 0.15) is 0 Å². The Labute approximate surface area is 147 Å². The number of hydrogen-bond donors (Lipinski definition) is 2. The third-order valence-corrected chi connectivity index (χ3v) is 6.81. The van der Waals surface area contributed by atoms with Crippen LogP contribution in [0.3, 0.4) is 0 Å². The van der Waals surface area contributed by atoms with E-state index in [1.54, 1.807) is 4.31 Å². The Morgan fingerprint density at radius 1 is 1.17 bits per heavy atom. The summed E-state index contributed by atoms with van der Waals surface area (Å²) in [5.74, 6) is 1.39. The number of nitrogens with one attached hydrogen (secondary N) is 2. The molecule has 0 aromatic heterocycles. The highest BCUT2D eigenvalue weighted by Gasteiger charge is 2.28. The fourth-order valence-electron chi connectivity index (χ4n) is 3.62. The molecule has 0 aromatic carbocycles. The minimum atomic E-state index is -3.04. The van der Waals surface area contributed by atoms with E-state index in [1.807, 2.05) is 7.05 Å². The SMILES string of the molecule is CN=C(NCC1CCN(S(C)(=O)=O)CC1)NC1CCC(C)(C)CC1. The van der Waals surface area contributed by atoms with Crippen molar-refractivity contribution in [3.8, 4) is 0 Å². The summed E-state index contributed by atoms with van der Waals surface area (Å²) in [5.41, 5.74) is 0.475. The summed E-state index contributed by atoms with van der Waals surface area (Å²) >= 11 is 0. The van der Waals surface area contributed by atoms with Crippen LogP contribution in [0, 0.1) is 11.3 Å². The Bertz CT molecular complexity index is 527. The number of sulfonamides is 1. The normalized spacial score (nSPS) is 24.8. The maximum atomic E-state index is 11.6. The summed E-state index contributed by atoms with van der Waals surface area (Å²) in [6.45, 7) is 6.82. The van der Waals surface area contributed by atoms with Gasteiger partial charge in [-0.25, -0.2) is 12.7 Å². The zero-order valence-electron chi connectivity index (χ0n) is 15.6. The molecule has 6 nitrogen and oxygen atoms in total. The van der Waals surface area contributed by atoms with Crippen molar-refractivity contribution in [1.82, 2.24) is 14.9 Å². The van der Waals surface area contributed by atoms with Crippen LogP contribution in [-0.2, 0) is 10.0 Å². The van der Waals surface area contributed by atoms with E-state index in [0.29, 0.717) is 30.5 Å². The summed E-state index contributed by atoms with van der Waals surface area (Å²) < 4.78 is 24.7. The van der Waals surface area contributed by atoms with Crippen LogP contribution in [0.2, 0.25) is 0 Å². The van der Waals surface area contributed by atoms with E-state index in [1.165, 1.54) is 31.9 Å². The van der Waals surface area contributed by atoms with Crippen molar-refractivity contribution in [3.63, 3.8) is 0 Å². The van der Waals surface area contributed by atoms with Crippen molar-refractivity contribution < 1.29 is 8.42 Å². The molecule has 1 heterocycles. The number of nitrogens with zero attached hydrogens (tertiary/aromatic N) is 2. The Kier molecular flexibility index (Phi) is 6.53. The van der Waals surface area contributed by atoms with E-state index < -0.39 is 10.0 Å². The molecule has 140 valence electrons. The molecule has 1 aliphatic carbocycles. The smallest absolute Gasteiger partial charge is 0.211 e. The number of guanidine groups is 1. The molecule has 24 heavy (non-hydrogen) atoms. The van der Waals surface area contributed by atoms with Gasteiger partial charge in [0.2, 0.25) is 10.0 Å². The van der Waals surface area contributed by atoms with Crippen molar-refractivity contribution >= 4 is 16.0 Å². The van der Waals surface area contributed by atoms with Crippen LogP contribution in [0.4, 0.5) is 0 Å². The van der Waals surface area contributed by atoms with Gasteiger partial charge >= 0.3 is 0 Å². The van der Waals surface area contributed by atoms with Gasteiger partial charge < -0.3 is 10.6 Å². The highest BCUT2D eigenvalue weighted by Crippen LogP contribution is 2.34. The number of hydrogen-bond acceptors (Lipinski definition) is 3. The van der Waals surface area contributed by atoms with E-state index in [4.69, 9.17) is 0 Å². The van der Waals surface area contributed by atoms with Crippen molar-refractivity contribution in [1.29, 1.82) is 0 Å². The molecule has 0 bridgehead atoms. The lowest BCUT2D eigenvalue weighted by Gasteiger charge is -2.35. The van der Waals surface area contributed by atoms with Crippen LogP contribution in [0.15, 0.2) is 4.99 Å². The maximum Gasteiger partial charge on any atom is 0.211 e.